The van der Waals surface area contributed by atoms with Crippen molar-refractivity contribution in [2.24, 2.45) is 0 Å². The number of nitrogens with zero attached hydrogens (tertiary/aromatic N) is 2. The van der Waals surface area contributed by atoms with Crippen molar-refractivity contribution in [3.63, 3.8) is 0 Å². The minimum absolute atomic E-state index is 0.276. The van der Waals surface area contributed by atoms with Crippen LogP contribution in [0.15, 0.2) is 36.7 Å². The van der Waals surface area contributed by atoms with E-state index in [-0.39, 0.29) is 5.97 Å². The summed E-state index contributed by atoms with van der Waals surface area (Å²) in [6.07, 6.45) is 10.3. The Labute approximate surface area is 144 Å². The molecule has 4 nitrogen and oxygen atoms in total. The van der Waals surface area contributed by atoms with Gasteiger partial charge < -0.3 is 4.74 Å². The van der Waals surface area contributed by atoms with Crippen LogP contribution in [-0.4, -0.2) is 22.5 Å². The molecule has 24 heavy (non-hydrogen) atoms. The lowest BCUT2D eigenvalue weighted by atomic mass is 10.1. The van der Waals surface area contributed by atoms with E-state index < -0.39 is 0 Å². The minimum Gasteiger partial charge on any atom is -0.462 e. The summed E-state index contributed by atoms with van der Waals surface area (Å²) in [7, 11) is 0. The predicted octanol–water partition coefficient (Wildman–Crippen LogP) is 4.83. The van der Waals surface area contributed by atoms with Gasteiger partial charge in [-0.2, -0.15) is 0 Å². The van der Waals surface area contributed by atoms with Crippen molar-refractivity contribution in [3.8, 4) is 11.4 Å². The molecule has 1 heterocycles. The Morgan fingerprint density at radius 1 is 0.958 bits per heavy atom. The molecule has 0 unspecified atom stereocenters. The quantitative estimate of drug-likeness (QED) is 0.489. The molecule has 0 radical (unpaired) electrons. The van der Waals surface area contributed by atoms with Crippen molar-refractivity contribution in [2.75, 3.05) is 6.61 Å². The van der Waals surface area contributed by atoms with Crippen LogP contribution in [-0.2, 0) is 11.2 Å². The lowest BCUT2D eigenvalue weighted by Gasteiger charge is -2.05. The van der Waals surface area contributed by atoms with Crippen LogP contribution in [0, 0.1) is 0 Å². The smallest absolute Gasteiger partial charge is 0.338 e. The summed E-state index contributed by atoms with van der Waals surface area (Å²) in [6.45, 7) is 4.74. The van der Waals surface area contributed by atoms with Gasteiger partial charge in [-0.15, -0.1) is 0 Å². The van der Waals surface area contributed by atoms with Crippen LogP contribution < -0.4 is 0 Å². The summed E-state index contributed by atoms with van der Waals surface area (Å²) in [4.78, 5) is 20.8. The molecule has 0 aliphatic rings. The number of aromatic nitrogens is 2. The zero-order chi connectivity index (χ0) is 17.2. The summed E-state index contributed by atoms with van der Waals surface area (Å²) in [5.41, 5.74) is 2.63. The highest BCUT2D eigenvalue weighted by atomic mass is 16.5. The Kier molecular flexibility index (Phi) is 7.40. The fourth-order valence-corrected chi connectivity index (χ4v) is 2.36. The van der Waals surface area contributed by atoms with E-state index in [1.54, 1.807) is 12.1 Å². The molecule has 0 bridgehead atoms. The minimum atomic E-state index is -0.276. The zero-order valence-electron chi connectivity index (χ0n) is 14.6. The van der Waals surface area contributed by atoms with E-state index in [1.165, 1.54) is 24.8 Å². The van der Waals surface area contributed by atoms with Crippen LogP contribution in [0.3, 0.4) is 0 Å². The Hall–Kier alpha value is -2.23. The van der Waals surface area contributed by atoms with Crippen LogP contribution in [0.4, 0.5) is 0 Å². The third kappa shape index (κ3) is 5.44. The van der Waals surface area contributed by atoms with E-state index in [0.717, 1.165) is 24.8 Å². The number of aryl methyl sites for hydroxylation is 1. The van der Waals surface area contributed by atoms with Crippen LogP contribution >= 0.6 is 0 Å². The van der Waals surface area contributed by atoms with Crippen molar-refractivity contribution in [1.29, 1.82) is 0 Å². The second-order valence-corrected chi connectivity index (χ2v) is 5.94. The first kappa shape index (κ1) is 18.1. The Morgan fingerprint density at radius 3 is 2.25 bits per heavy atom. The molecular formula is C20H26N2O2. The zero-order valence-corrected chi connectivity index (χ0v) is 14.6. The van der Waals surface area contributed by atoms with Gasteiger partial charge in [0.25, 0.3) is 0 Å². The fourth-order valence-electron chi connectivity index (χ4n) is 2.36. The largest absolute Gasteiger partial charge is 0.462 e. The van der Waals surface area contributed by atoms with Crippen molar-refractivity contribution in [3.05, 3.63) is 47.8 Å². The molecule has 2 rings (SSSR count). The Morgan fingerprint density at radius 2 is 1.62 bits per heavy atom. The Balaban J connectivity index is 1.96. The van der Waals surface area contributed by atoms with E-state index in [1.807, 2.05) is 24.5 Å². The van der Waals surface area contributed by atoms with Gasteiger partial charge >= 0.3 is 5.97 Å². The average molecular weight is 326 g/mol. The van der Waals surface area contributed by atoms with Gasteiger partial charge in [0.1, 0.15) is 0 Å². The number of carbonyl (C=O) groups excluding carboxylic acids is 1. The highest BCUT2D eigenvalue weighted by Gasteiger charge is 2.08. The second kappa shape index (κ2) is 9.81. The molecule has 1 aromatic heterocycles. The summed E-state index contributed by atoms with van der Waals surface area (Å²) >= 11 is 0. The molecule has 2 aromatic rings. The maximum absolute atomic E-state index is 11.9. The monoisotopic (exact) mass is 326 g/mol. The summed E-state index contributed by atoms with van der Waals surface area (Å²) in [6, 6.07) is 7.26. The summed E-state index contributed by atoms with van der Waals surface area (Å²) in [5.74, 6) is 0.405. The van der Waals surface area contributed by atoms with E-state index >= 15 is 0 Å². The molecule has 0 spiro atoms. The van der Waals surface area contributed by atoms with Gasteiger partial charge in [-0.1, -0.05) is 45.2 Å². The van der Waals surface area contributed by atoms with E-state index in [4.69, 9.17) is 4.74 Å². The van der Waals surface area contributed by atoms with Gasteiger partial charge in [-0.3, -0.25) is 0 Å². The maximum atomic E-state index is 11.9. The first-order valence-corrected chi connectivity index (χ1v) is 8.83. The second-order valence-electron chi connectivity index (χ2n) is 5.94. The van der Waals surface area contributed by atoms with Crippen molar-refractivity contribution in [2.45, 2.75) is 52.4 Å². The van der Waals surface area contributed by atoms with Crippen molar-refractivity contribution < 1.29 is 9.53 Å². The molecule has 0 fully saturated rings. The molecule has 0 saturated heterocycles. The third-order valence-electron chi connectivity index (χ3n) is 3.88. The predicted molar refractivity (Wildman–Crippen MR) is 95.9 cm³/mol. The van der Waals surface area contributed by atoms with E-state index in [0.29, 0.717) is 18.0 Å². The number of carbonyl (C=O) groups is 1. The number of hydrogen-bond acceptors (Lipinski definition) is 4. The molecule has 0 saturated carbocycles. The topological polar surface area (TPSA) is 52.1 Å². The van der Waals surface area contributed by atoms with Gasteiger partial charge in [0.05, 0.1) is 12.2 Å². The highest BCUT2D eigenvalue weighted by Crippen LogP contribution is 2.16. The fraction of sp³-hybridized carbons (Fsp3) is 0.450. The summed E-state index contributed by atoms with van der Waals surface area (Å²) < 4.78 is 5.21. The molecule has 0 amide bonds. The van der Waals surface area contributed by atoms with Crippen molar-refractivity contribution in [1.82, 2.24) is 9.97 Å². The van der Waals surface area contributed by atoms with Gasteiger partial charge in [-0.05, 0) is 37.0 Å². The number of ether oxygens (including phenoxy) is 1. The maximum Gasteiger partial charge on any atom is 0.338 e. The van der Waals surface area contributed by atoms with Gasteiger partial charge in [0.15, 0.2) is 5.82 Å². The molecule has 128 valence electrons. The van der Waals surface area contributed by atoms with Crippen LogP contribution in [0.2, 0.25) is 0 Å². The Bertz CT molecular complexity index is 621. The molecule has 1 aromatic carbocycles. The van der Waals surface area contributed by atoms with Gasteiger partial charge in [0.2, 0.25) is 0 Å². The lowest BCUT2D eigenvalue weighted by Crippen LogP contribution is -2.06. The number of hydrogen-bond donors (Lipinski definition) is 0. The molecule has 0 aliphatic carbocycles. The number of rotatable bonds is 9. The SMILES string of the molecule is CCCCCc1cnc(-c2ccc(C(=O)OCCCC)cc2)nc1. The van der Waals surface area contributed by atoms with Crippen LogP contribution in [0.5, 0.6) is 0 Å². The van der Waals surface area contributed by atoms with Gasteiger partial charge in [0, 0.05) is 18.0 Å². The summed E-state index contributed by atoms with van der Waals surface area (Å²) in [5, 5.41) is 0. The number of unbranched alkanes of at least 4 members (excludes halogenated alkanes) is 3. The normalized spacial score (nSPS) is 10.6. The third-order valence-corrected chi connectivity index (χ3v) is 3.88. The van der Waals surface area contributed by atoms with Crippen LogP contribution in [0.1, 0.15) is 61.9 Å². The molecular weight excluding hydrogens is 300 g/mol. The molecule has 0 aliphatic heterocycles. The van der Waals surface area contributed by atoms with Gasteiger partial charge in [-0.25, -0.2) is 14.8 Å². The first-order valence-electron chi connectivity index (χ1n) is 8.83. The molecule has 0 N–H and O–H groups in total. The highest BCUT2D eigenvalue weighted by molar-refractivity contribution is 5.89. The number of esters is 1. The van der Waals surface area contributed by atoms with Crippen molar-refractivity contribution >= 4 is 5.97 Å². The van der Waals surface area contributed by atoms with E-state index in [9.17, 15) is 4.79 Å². The number of benzene rings is 1. The first-order chi connectivity index (χ1) is 11.7. The average Bonchev–Trinajstić information content (AvgIpc) is 2.63. The molecule has 4 heteroatoms. The van der Waals surface area contributed by atoms with Crippen LogP contribution in [0.25, 0.3) is 11.4 Å². The molecule has 0 atom stereocenters. The van der Waals surface area contributed by atoms with E-state index in [2.05, 4.69) is 23.8 Å². The standard InChI is InChI=1S/C20H26N2O2/c1-3-5-7-8-16-14-21-19(22-15-16)17-9-11-18(12-10-17)20(23)24-13-6-4-2/h9-12,14-15H,3-8,13H2,1-2H3. The lowest BCUT2D eigenvalue weighted by molar-refractivity contribution is 0.0500.